The topological polar surface area (TPSA) is 87.9 Å². The first-order valence-corrected chi connectivity index (χ1v) is 2.10. The van der Waals surface area contributed by atoms with Crippen molar-refractivity contribution in [3.63, 3.8) is 0 Å². The molecular weight excluding hydrogens is 191 g/mol. The fourth-order valence-electron chi connectivity index (χ4n) is 0.172. The summed E-state index contributed by atoms with van der Waals surface area (Å²) in [6, 6.07) is 0. The van der Waals surface area contributed by atoms with Crippen LogP contribution in [-0.4, -0.2) is 17.6 Å². The number of ether oxygens (including phenoxy) is 1. The maximum absolute atomic E-state index is 11.1. The van der Waals surface area contributed by atoms with Gasteiger partial charge in [-0.15, -0.1) is 23.3 Å². The highest BCUT2D eigenvalue weighted by Gasteiger charge is 2.35. The van der Waals surface area contributed by atoms with Gasteiger partial charge in [0.25, 0.3) is 0 Å². The minimum Gasteiger partial charge on any atom is -0.338 e. The van der Waals surface area contributed by atoms with E-state index in [2.05, 4.69) is 14.6 Å². The van der Waals surface area contributed by atoms with Crippen LogP contribution in [0.5, 0.6) is 0 Å². The van der Waals surface area contributed by atoms with E-state index in [-0.39, 0.29) is 0 Å². The first-order chi connectivity index (χ1) is 5.31. The fourth-order valence-corrected chi connectivity index (χ4v) is 0.172. The average molecular weight is 191 g/mol. The Balaban J connectivity index is 3.68. The van der Waals surface area contributed by atoms with Crippen LogP contribution in [0.3, 0.4) is 0 Å². The van der Waals surface area contributed by atoms with Gasteiger partial charge in [-0.3, -0.25) is 0 Å². The number of alkyl halides is 3. The monoisotopic (exact) mass is 191 g/mol. The first kappa shape index (κ1) is 10.3. The van der Waals surface area contributed by atoms with E-state index in [0.717, 1.165) is 0 Å². The molecule has 0 aliphatic rings. The molecule has 0 aromatic carbocycles. The van der Waals surface area contributed by atoms with Crippen LogP contribution < -0.4 is 0 Å². The van der Waals surface area contributed by atoms with Gasteiger partial charge in [-0.2, -0.15) is 0 Å². The Hall–Kier alpha value is -1.74. The number of rotatable bonds is 2. The van der Waals surface area contributed by atoms with Crippen LogP contribution in [-0.2, 0) is 14.6 Å². The molecule has 0 saturated carbocycles. The van der Waals surface area contributed by atoms with Crippen LogP contribution in [0.15, 0.2) is 0 Å². The summed E-state index contributed by atoms with van der Waals surface area (Å²) in [5, 5.41) is 7.61. The number of nitrogens with zero attached hydrogens (tertiary/aromatic N) is 1. The van der Waals surface area contributed by atoms with Crippen LogP contribution in [0.2, 0.25) is 0 Å². The minimum atomic E-state index is -5.27. The van der Waals surface area contributed by atoms with Crippen molar-refractivity contribution >= 4 is 6.16 Å². The highest BCUT2D eigenvalue weighted by Crippen LogP contribution is 2.16. The molecule has 10 heteroatoms. The van der Waals surface area contributed by atoms with Gasteiger partial charge in [0.2, 0.25) is 0 Å². The van der Waals surface area contributed by atoms with Gasteiger partial charge in [0.1, 0.15) is 0 Å². The van der Waals surface area contributed by atoms with Crippen LogP contribution in [0.1, 0.15) is 0 Å². The van der Waals surface area contributed by atoms with E-state index in [1.165, 1.54) is 0 Å². The van der Waals surface area contributed by atoms with Gasteiger partial charge < -0.3 is 4.74 Å². The second kappa shape index (κ2) is 3.59. The van der Waals surface area contributed by atoms with Gasteiger partial charge >= 0.3 is 17.6 Å². The summed E-state index contributed by atoms with van der Waals surface area (Å²) in [6.45, 7) is 0. The molecule has 0 saturated heterocycles. The molecule has 0 rings (SSSR count). The Morgan fingerprint density at radius 3 is 2.25 bits per heavy atom. The standard InChI is InChI=1S/C2F3NO6/c3-2(4,5)10-1(7)11-12-6(8)9. The summed E-state index contributed by atoms with van der Waals surface area (Å²) in [4.78, 5) is 24.7. The minimum absolute atomic E-state index is 1.63. The Bertz CT molecular complexity index is 188. The predicted octanol–water partition coefficient (Wildman–Crippen LogP) is 0.783. The molecular formula is C2F3NO6. The summed E-state index contributed by atoms with van der Waals surface area (Å²) in [5.41, 5.74) is 0. The maximum atomic E-state index is 11.1. The molecule has 0 heterocycles. The number of hydrogen-bond acceptors (Lipinski definition) is 6. The Morgan fingerprint density at radius 2 is 1.92 bits per heavy atom. The van der Waals surface area contributed by atoms with Gasteiger partial charge in [0, 0.05) is 0 Å². The molecule has 12 heavy (non-hydrogen) atoms. The third kappa shape index (κ3) is 6.38. The van der Waals surface area contributed by atoms with Gasteiger partial charge in [-0.1, -0.05) is 4.99 Å². The van der Waals surface area contributed by atoms with E-state index in [1.807, 2.05) is 0 Å². The molecule has 0 spiro atoms. The molecule has 0 radical (unpaired) electrons. The van der Waals surface area contributed by atoms with Crippen molar-refractivity contribution in [3.05, 3.63) is 10.1 Å². The zero-order chi connectivity index (χ0) is 9.78. The maximum Gasteiger partial charge on any atom is 0.577 e. The van der Waals surface area contributed by atoms with E-state index in [4.69, 9.17) is 0 Å². The second-order valence-corrected chi connectivity index (χ2v) is 1.18. The number of carbonyl (C=O) groups is 1. The molecule has 70 valence electrons. The highest BCUT2D eigenvalue weighted by molar-refractivity contribution is 5.59. The van der Waals surface area contributed by atoms with Crippen molar-refractivity contribution in [2.75, 3.05) is 0 Å². The lowest BCUT2D eigenvalue weighted by Crippen LogP contribution is -2.21. The second-order valence-electron chi connectivity index (χ2n) is 1.18. The van der Waals surface area contributed by atoms with Gasteiger partial charge in [0.15, 0.2) is 0 Å². The van der Waals surface area contributed by atoms with Crippen molar-refractivity contribution in [3.8, 4) is 0 Å². The molecule has 0 fully saturated rings. The average Bonchev–Trinajstić information content (AvgIpc) is 1.79. The largest absolute Gasteiger partial charge is 0.577 e. The summed E-state index contributed by atoms with van der Waals surface area (Å²) >= 11 is 0. The zero-order valence-corrected chi connectivity index (χ0v) is 5.03. The molecule has 0 atom stereocenters. The lowest BCUT2D eigenvalue weighted by molar-refractivity contribution is -0.840. The number of carbonyl (C=O) groups excluding carboxylic acids is 1. The molecule has 0 aliphatic carbocycles. The fraction of sp³-hybridized carbons (Fsp3) is 0.500. The third-order valence-corrected chi connectivity index (χ3v) is 0.365. The normalized spacial score (nSPS) is 10.2. The van der Waals surface area contributed by atoms with E-state index in [0.29, 0.717) is 0 Å². The Kier molecular flexibility index (Phi) is 3.07. The Morgan fingerprint density at radius 1 is 1.42 bits per heavy atom. The molecule has 0 N–H and O–H groups in total. The van der Waals surface area contributed by atoms with E-state index in [1.54, 1.807) is 0 Å². The van der Waals surface area contributed by atoms with E-state index in [9.17, 15) is 28.1 Å². The van der Waals surface area contributed by atoms with Crippen molar-refractivity contribution in [1.82, 2.24) is 0 Å². The highest BCUT2D eigenvalue weighted by atomic mass is 19.4. The van der Waals surface area contributed by atoms with Crippen LogP contribution >= 0.6 is 0 Å². The van der Waals surface area contributed by atoms with Gasteiger partial charge in [-0.25, -0.2) is 9.68 Å². The smallest absolute Gasteiger partial charge is 0.338 e. The quantitative estimate of drug-likeness (QED) is 0.277. The Labute approximate surface area is 61.6 Å². The molecule has 0 aliphatic heterocycles. The van der Waals surface area contributed by atoms with E-state index >= 15 is 0 Å². The lowest BCUT2D eigenvalue weighted by Gasteiger charge is -2.03. The van der Waals surface area contributed by atoms with E-state index < -0.39 is 17.6 Å². The number of halogens is 3. The summed E-state index contributed by atoms with van der Waals surface area (Å²) < 4.78 is 35.7. The summed E-state index contributed by atoms with van der Waals surface area (Å²) in [5.74, 6) is 0. The number of hydrogen-bond donors (Lipinski definition) is 0. The van der Waals surface area contributed by atoms with Crippen molar-refractivity contribution < 1.29 is 37.7 Å². The van der Waals surface area contributed by atoms with Crippen molar-refractivity contribution in [1.29, 1.82) is 0 Å². The predicted molar refractivity (Wildman–Crippen MR) is 21.7 cm³/mol. The SMILES string of the molecule is O=C(OO[N+](=O)[O-])OC(F)(F)F. The first-order valence-electron chi connectivity index (χ1n) is 2.10. The molecule has 0 amide bonds. The molecule has 0 unspecified atom stereocenters. The van der Waals surface area contributed by atoms with Crippen LogP contribution in [0.4, 0.5) is 18.0 Å². The molecule has 0 aromatic rings. The summed E-state index contributed by atoms with van der Waals surface area (Å²) in [6.07, 6.45) is -7.64. The van der Waals surface area contributed by atoms with Crippen molar-refractivity contribution in [2.45, 2.75) is 6.36 Å². The van der Waals surface area contributed by atoms with Gasteiger partial charge in [-0.05, 0) is 0 Å². The molecule has 0 aromatic heterocycles. The van der Waals surface area contributed by atoms with Crippen LogP contribution in [0, 0.1) is 10.1 Å². The lowest BCUT2D eigenvalue weighted by atomic mass is 11.2. The van der Waals surface area contributed by atoms with Gasteiger partial charge in [0.05, 0.1) is 0 Å². The molecule has 7 nitrogen and oxygen atoms in total. The zero-order valence-electron chi connectivity index (χ0n) is 5.03. The molecule has 0 bridgehead atoms. The third-order valence-electron chi connectivity index (χ3n) is 0.365. The van der Waals surface area contributed by atoms with Crippen molar-refractivity contribution in [2.24, 2.45) is 0 Å². The van der Waals surface area contributed by atoms with Crippen LogP contribution in [0.25, 0.3) is 0 Å². The summed E-state index contributed by atoms with van der Waals surface area (Å²) in [7, 11) is 0.